The molecule has 0 bridgehead atoms. The molecule has 50 heavy (non-hydrogen) atoms. The van der Waals surface area contributed by atoms with Crippen LogP contribution in [0.15, 0.2) is 54.7 Å². The number of carbonyl (C=O) groups is 1. The summed E-state index contributed by atoms with van der Waals surface area (Å²) in [6, 6.07) is 11.4. The molecule has 2 aromatic carbocycles. The molecule has 7 rings (SSSR count). The van der Waals surface area contributed by atoms with Crippen molar-refractivity contribution in [2.45, 2.75) is 69.2 Å². The van der Waals surface area contributed by atoms with Gasteiger partial charge in [-0.3, -0.25) is 14.6 Å². The Kier molecular flexibility index (Phi) is 7.89. The topological polar surface area (TPSA) is 96.7 Å². The molecule has 0 radical (unpaired) electrons. The summed E-state index contributed by atoms with van der Waals surface area (Å²) in [6.07, 6.45) is -4.17. The van der Waals surface area contributed by atoms with Crippen LogP contribution in [0.3, 0.4) is 0 Å². The van der Waals surface area contributed by atoms with Gasteiger partial charge >= 0.3 is 6.18 Å². The Bertz CT molecular complexity index is 2200. The fourth-order valence-corrected chi connectivity index (χ4v) is 6.88. The zero-order chi connectivity index (χ0) is 35.7. The summed E-state index contributed by atoms with van der Waals surface area (Å²) in [5.74, 6) is -3.90. The van der Waals surface area contributed by atoms with Gasteiger partial charge in [0.15, 0.2) is 11.5 Å². The van der Waals surface area contributed by atoms with Gasteiger partial charge in [-0.25, -0.2) is 13.8 Å². The summed E-state index contributed by atoms with van der Waals surface area (Å²) in [4.78, 5) is 18.5. The molecular formula is C36H28F7N5O2. The summed E-state index contributed by atoms with van der Waals surface area (Å²) < 4.78 is 102. The van der Waals surface area contributed by atoms with Gasteiger partial charge in [-0.1, -0.05) is 18.1 Å². The van der Waals surface area contributed by atoms with E-state index in [1.165, 1.54) is 13.8 Å². The van der Waals surface area contributed by atoms with Crippen molar-refractivity contribution in [2.24, 2.45) is 5.92 Å². The third kappa shape index (κ3) is 6.26. The first-order chi connectivity index (χ1) is 23.5. The van der Waals surface area contributed by atoms with E-state index < -0.39 is 82.8 Å². The van der Waals surface area contributed by atoms with E-state index in [1.807, 2.05) is 0 Å². The molecule has 2 N–H and O–H groups in total. The number of fused-ring (bicyclic) bond motifs is 4. The van der Waals surface area contributed by atoms with Crippen molar-refractivity contribution in [3.05, 3.63) is 100 Å². The molecule has 3 heterocycles. The first-order valence-electron chi connectivity index (χ1n) is 15.7. The fraction of sp³-hybridized carbons (Fsp3) is 0.333. The molecule has 1 saturated carbocycles. The Balaban J connectivity index is 1.33. The molecule has 7 nitrogen and oxygen atoms in total. The van der Waals surface area contributed by atoms with Crippen molar-refractivity contribution in [1.82, 2.24) is 25.0 Å². The Hall–Kier alpha value is -5.03. The lowest BCUT2D eigenvalue weighted by Crippen LogP contribution is -2.24. The van der Waals surface area contributed by atoms with E-state index in [2.05, 4.69) is 27.1 Å². The van der Waals surface area contributed by atoms with Crippen LogP contribution < -0.4 is 0 Å². The van der Waals surface area contributed by atoms with Gasteiger partial charge in [-0.15, -0.1) is 0 Å². The molecule has 0 spiro atoms. The third-order valence-electron chi connectivity index (χ3n) is 8.99. The molecule has 0 amide bonds. The van der Waals surface area contributed by atoms with Gasteiger partial charge in [-0.05, 0) is 80.0 Å². The molecule has 0 saturated heterocycles. The molecule has 0 unspecified atom stereocenters. The van der Waals surface area contributed by atoms with E-state index in [4.69, 9.17) is 4.98 Å². The zero-order valence-electron chi connectivity index (χ0n) is 26.5. The minimum absolute atomic E-state index is 0.0977. The monoisotopic (exact) mass is 695 g/mol. The van der Waals surface area contributed by atoms with Crippen LogP contribution in [0.2, 0.25) is 0 Å². The molecule has 3 atom stereocenters. The number of pyridine rings is 1. The number of hydrogen-bond acceptors (Lipinski definition) is 5. The number of ketones is 1. The van der Waals surface area contributed by atoms with Crippen molar-refractivity contribution >= 4 is 16.7 Å². The molecule has 2 aliphatic carbocycles. The first kappa shape index (κ1) is 33.5. The highest BCUT2D eigenvalue weighted by Gasteiger charge is 2.68. The second-order valence-electron chi connectivity index (χ2n) is 13.3. The van der Waals surface area contributed by atoms with Gasteiger partial charge in [0, 0.05) is 40.8 Å². The lowest BCUT2D eigenvalue weighted by molar-refractivity contribution is -0.142. The van der Waals surface area contributed by atoms with E-state index in [1.54, 1.807) is 36.5 Å². The predicted octanol–water partition coefficient (Wildman–Crippen LogP) is 7.44. The number of aliphatic hydroxyl groups is 1. The number of rotatable bonds is 8. The van der Waals surface area contributed by atoms with Crippen molar-refractivity contribution in [2.75, 3.05) is 0 Å². The van der Waals surface area contributed by atoms with Gasteiger partial charge in [0.25, 0.3) is 5.92 Å². The maximum Gasteiger partial charge on any atom is 0.435 e. The van der Waals surface area contributed by atoms with Gasteiger partial charge in [0.1, 0.15) is 35.2 Å². The molecule has 3 aromatic heterocycles. The molecule has 1 fully saturated rings. The summed E-state index contributed by atoms with van der Waals surface area (Å²) in [7, 11) is 0. The molecular weight excluding hydrogens is 667 g/mol. The van der Waals surface area contributed by atoms with Crippen LogP contribution in [-0.2, 0) is 29.9 Å². The van der Waals surface area contributed by atoms with Gasteiger partial charge in [0.2, 0.25) is 0 Å². The quantitative estimate of drug-likeness (QED) is 0.130. The third-order valence-corrected chi connectivity index (χ3v) is 8.99. The number of halogens is 7. The Labute approximate surface area is 280 Å². The maximum atomic E-state index is 15.3. The summed E-state index contributed by atoms with van der Waals surface area (Å²) >= 11 is 0. The SMILES string of the molecule is CC(C)(O)C#Cc1ccc(-c2cccc3[nH]ncc23)c([C@@H](CC(=O)Cn2nc(C(F)(F)F)c3c2C(F)(F)[C@@H]2C[C@H]32)Cc2cc(F)cc(F)c2)n1. The zero-order valence-corrected chi connectivity index (χ0v) is 26.5. The lowest BCUT2D eigenvalue weighted by Gasteiger charge is -2.21. The number of alkyl halides is 5. The molecule has 14 heteroatoms. The minimum Gasteiger partial charge on any atom is -0.378 e. The summed E-state index contributed by atoms with van der Waals surface area (Å²) in [5, 5.41) is 21.3. The highest BCUT2D eigenvalue weighted by molar-refractivity contribution is 5.95. The molecule has 0 aliphatic heterocycles. The lowest BCUT2D eigenvalue weighted by atomic mass is 9.86. The Morgan fingerprint density at radius 2 is 1.84 bits per heavy atom. The highest BCUT2D eigenvalue weighted by atomic mass is 19.4. The molecule has 2 aliphatic rings. The van der Waals surface area contributed by atoms with Crippen molar-refractivity contribution in [3.63, 3.8) is 0 Å². The van der Waals surface area contributed by atoms with E-state index in [0.717, 1.165) is 12.1 Å². The van der Waals surface area contributed by atoms with Crippen LogP contribution in [0.4, 0.5) is 30.7 Å². The number of aromatic nitrogens is 5. The van der Waals surface area contributed by atoms with E-state index in [0.29, 0.717) is 32.8 Å². The normalized spacial score (nSPS) is 18.4. The van der Waals surface area contributed by atoms with E-state index in [-0.39, 0.29) is 29.8 Å². The van der Waals surface area contributed by atoms with Crippen molar-refractivity contribution in [3.8, 4) is 23.0 Å². The Morgan fingerprint density at radius 1 is 1.10 bits per heavy atom. The van der Waals surface area contributed by atoms with E-state index >= 15 is 8.78 Å². The van der Waals surface area contributed by atoms with Gasteiger partial charge < -0.3 is 5.11 Å². The number of aromatic amines is 1. The number of Topliss-reactive ketones (excluding diaryl/α,β-unsaturated/α-hetero) is 1. The van der Waals surface area contributed by atoms with Crippen LogP contribution in [0, 0.1) is 29.4 Å². The predicted molar refractivity (Wildman–Crippen MR) is 167 cm³/mol. The van der Waals surface area contributed by atoms with Crippen LogP contribution in [-0.4, -0.2) is 41.5 Å². The smallest absolute Gasteiger partial charge is 0.378 e. The standard InChI is InChI=1S/C36H28F7N5O2/c1-34(2,50)9-8-22-6-7-25(24-4-3-5-29-27(24)16-44-46-29)31(45-22)19(10-18-11-20(37)14-21(38)12-18)13-23(49)17-48-33-30(32(47-48)36(41,42)43)26-15-28(26)35(33,39)40/h3-7,11-12,14,16,19,26,28,50H,10,13,15,17H2,1-2H3,(H,44,46)/t19-,26+,28-/m1/s1. The van der Waals surface area contributed by atoms with Crippen LogP contribution in [0.25, 0.3) is 22.0 Å². The van der Waals surface area contributed by atoms with Crippen molar-refractivity contribution in [1.29, 1.82) is 0 Å². The largest absolute Gasteiger partial charge is 0.435 e. The highest BCUT2D eigenvalue weighted by Crippen LogP contribution is 2.68. The average Bonchev–Trinajstić information content (AvgIpc) is 3.39. The number of benzene rings is 2. The van der Waals surface area contributed by atoms with Gasteiger partial charge in [-0.2, -0.15) is 32.1 Å². The average molecular weight is 696 g/mol. The second-order valence-corrected chi connectivity index (χ2v) is 13.3. The summed E-state index contributed by atoms with van der Waals surface area (Å²) in [6.45, 7) is 2.04. The van der Waals surface area contributed by atoms with Crippen LogP contribution in [0.5, 0.6) is 0 Å². The fourth-order valence-electron chi connectivity index (χ4n) is 6.88. The molecule has 258 valence electrons. The van der Waals surface area contributed by atoms with Crippen LogP contribution >= 0.6 is 0 Å². The van der Waals surface area contributed by atoms with Crippen LogP contribution in [0.1, 0.15) is 72.4 Å². The first-order valence-corrected chi connectivity index (χ1v) is 15.7. The number of nitrogens with zero attached hydrogens (tertiary/aromatic N) is 4. The Morgan fingerprint density at radius 3 is 2.54 bits per heavy atom. The maximum absolute atomic E-state index is 15.3. The number of H-pyrrole nitrogens is 1. The van der Waals surface area contributed by atoms with E-state index in [9.17, 15) is 31.9 Å². The number of hydrogen-bond donors (Lipinski definition) is 2. The van der Waals surface area contributed by atoms with Gasteiger partial charge in [0.05, 0.1) is 17.4 Å². The summed E-state index contributed by atoms with van der Waals surface area (Å²) in [5.41, 5.74) is -1.92. The molecule has 5 aromatic rings. The minimum atomic E-state index is -5.01. The van der Waals surface area contributed by atoms with Crippen molar-refractivity contribution < 1.29 is 40.6 Å². The number of nitrogens with one attached hydrogen (secondary N) is 1. The number of carbonyl (C=O) groups excluding carboxylic acids is 1. The second kappa shape index (κ2) is 11.8.